The van der Waals surface area contributed by atoms with E-state index in [0.717, 1.165) is 5.56 Å². The number of carbonyl (C=O) groups excluding carboxylic acids is 1. The Labute approximate surface area is 148 Å². The number of nitrogens with zero attached hydrogens (tertiary/aromatic N) is 4. The highest BCUT2D eigenvalue weighted by atomic mass is 16.6. The van der Waals surface area contributed by atoms with Crippen molar-refractivity contribution in [3.63, 3.8) is 0 Å². The maximum absolute atomic E-state index is 12.9. The van der Waals surface area contributed by atoms with Crippen molar-refractivity contribution in [3.05, 3.63) is 54.4 Å². The molecule has 2 heterocycles. The number of amides is 1. The molecule has 1 amide bonds. The number of ether oxygens (including phenoxy) is 1. The van der Waals surface area contributed by atoms with Gasteiger partial charge in [0.25, 0.3) is 5.91 Å². The number of hydrogen-bond acceptors (Lipinski definition) is 6. The number of fused-ring (bicyclic) bond motifs is 1. The number of carbonyl (C=O) groups is 1. The first-order valence-electron chi connectivity index (χ1n) is 7.86. The zero-order valence-corrected chi connectivity index (χ0v) is 14.1. The molecule has 2 aromatic carbocycles. The number of rotatable bonds is 4. The van der Waals surface area contributed by atoms with E-state index in [1.54, 1.807) is 24.4 Å². The minimum absolute atomic E-state index is 0.280. The SMILES string of the molecule is COc1ccc(NC(=O)c2ccccc2-c2nccn2C)c2nonc12. The number of anilines is 1. The summed E-state index contributed by atoms with van der Waals surface area (Å²) in [5.41, 5.74) is 2.60. The van der Waals surface area contributed by atoms with Gasteiger partial charge in [0, 0.05) is 25.0 Å². The van der Waals surface area contributed by atoms with Gasteiger partial charge in [-0.3, -0.25) is 4.79 Å². The molecule has 4 aromatic rings. The van der Waals surface area contributed by atoms with Gasteiger partial charge in [0.15, 0.2) is 16.8 Å². The molecule has 0 unspecified atom stereocenters. The molecular weight excluding hydrogens is 334 g/mol. The molecule has 8 nitrogen and oxygen atoms in total. The largest absolute Gasteiger partial charge is 0.494 e. The number of imidazole rings is 1. The van der Waals surface area contributed by atoms with E-state index in [4.69, 9.17) is 9.37 Å². The van der Waals surface area contributed by atoms with Crippen molar-refractivity contribution >= 4 is 22.6 Å². The third-order valence-electron chi connectivity index (χ3n) is 4.08. The van der Waals surface area contributed by atoms with Gasteiger partial charge < -0.3 is 14.6 Å². The van der Waals surface area contributed by atoms with E-state index in [1.807, 2.05) is 36.0 Å². The monoisotopic (exact) mass is 349 g/mol. The fourth-order valence-corrected chi connectivity index (χ4v) is 2.80. The Kier molecular flexibility index (Phi) is 3.85. The zero-order chi connectivity index (χ0) is 18.1. The quantitative estimate of drug-likeness (QED) is 0.609. The maximum Gasteiger partial charge on any atom is 0.256 e. The van der Waals surface area contributed by atoms with E-state index in [1.165, 1.54) is 7.11 Å². The van der Waals surface area contributed by atoms with Crippen LogP contribution in [0.2, 0.25) is 0 Å². The predicted octanol–water partition coefficient (Wildman–Crippen LogP) is 2.88. The van der Waals surface area contributed by atoms with Crippen LogP contribution in [0.4, 0.5) is 5.69 Å². The summed E-state index contributed by atoms with van der Waals surface area (Å²) in [5.74, 6) is 0.949. The van der Waals surface area contributed by atoms with Crippen LogP contribution in [0, 0.1) is 0 Å². The Morgan fingerprint density at radius 1 is 1.15 bits per heavy atom. The van der Waals surface area contributed by atoms with Crippen LogP contribution in [-0.4, -0.2) is 32.9 Å². The van der Waals surface area contributed by atoms with Crippen LogP contribution < -0.4 is 10.1 Å². The summed E-state index contributed by atoms with van der Waals surface area (Å²) in [7, 11) is 3.41. The molecule has 0 aliphatic carbocycles. The molecule has 130 valence electrons. The van der Waals surface area contributed by atoms with E-state index in [-0.39, 0.29) is 5.91 Å². The van der Waals surface area contributed by atoms with Crippen molar-refractivity contribution in [3.8, 4) is 17.1 Å². The first-order valence-corrected chi connectivity index (χ1v) is 7.86. The molecule has 1 N–H and O–H groups in total. The van der Waals surface area contributed by atoms with Gasteiger partial charge in [0.1, 0.15) is 5.82 Å². The average Bonchev–Trinajstić information content (AvgIpc) is 3.31. The second-order valence-electron chi connectivity index (χ2n) is 5.64. The number of aromatic nitrogens is 4. The average molecular weight is 349 g/mol. The van der Waals surface area contributed by atoms with Crippen molar-refractivity contribution in [1.29, 1.82) is 0 Å². The lowest BCUT2D eigenvalue weighted by molar-refractivity contribution is 0.102. The van der Waals surface area contributed by atoms with Crippen LogP contribution in [-0.2, 0) is 7.05 Å². The van der Waals surface area contributed by atoms with Crippen molar-refractivity contribution < 1.29 is 14.2 Å². The van der Waals surface area contributed by atoms with Crippen LogP contribution in [0.15, 0.2) is 53.4 Å². The summed E-state index contributed by atoms with van der Waals surface area (Å²) >= 11 is 0. The minimum Gasteiger partial charge on any atom is -0.494 e. The Balaban J connectivity index is 1.73. The first kappa shape index (κ1) is 15.8. The van der Waals surface area contributed by atoms with Crippen LogP contribution in [0.3, 0.4) is 0 Å². The highest BCUT2D eigenvalue weighted by Crippen LogP contribution is 2.30. The lowest BCUT2D eigenvalue weighted by atomic mass is 10.1. The molecule has 0 aliphatic rings. The number of hydrogen-bond donors (Lipinski definition) is 1. The summed E-state index contributed by atoms with van der Waals surface area (Å²) < 4.78 is 11.9. The molecule has 26 heavy (non-hydrogen) atoms. The van der Waals surface area contributed by atoms with Gasteiger partial charge in [-0.25, -0.2) is 9.61 Å². The van der Waals surface area contributed by atoms with Crippen molar-refractivity contribution in [2.45, 2.75) is 0 Å². The molecule has 0 fully saturated rings. The van der Waals surface area contributed by atoms with Crippen LogP contribution >= 0.6 is 0 Å². The van der Waals surface area contributed by atoms with E-state index < -0.39 is 0 Å². The molecule has 0 radical (unpaired) electrons. The molecule has 0 spiro atoms. The molecule has 0 saturated carbocycles. The highest BCUT2D eigenvalue weighted by molar-refractivity contribution is 6.11. The van der Waals surface area contributed by atoms with Gasteiger partial charge in [-0.05, 0) is 28.5 Å². The topological polar surface area (TPSA) is 95.1 Å². The van der Waals surface area contributed by atoms with Gasteiger partial charge >= 0.3 is 0 Å². The van der Waals surface area contributed by atoms with Crippen molar-refractivity contribution in [2.75, 3.05) is 12.4 Å². The Bertz CT molecular complexity index is 1100. The first-order chi connectivity index (χ1) is 12.7. The van der Waals surface area contributed by atoms with Gasteiger partial charge in [-0.15, -0.1) is 0 Å². The van der Waals surface area contributed by atoms with Gasteiger partial charge in [0.2, 0.25) is 0 Å². The summed E-state index contributed by atoms with van der Waals surface area (Å²) in [4.78, 5) is 17.2. The van der Waals surface area contributed by atoms with Crippen LogP contribution in [0.1, 0.15) is 10.4 Å². The van der Waals surface area contributed by atoms with Crippen molar-refractivity contribution in [2.24, 2.45) is 7.05 Å². The van der Waals surface area contributed by atoms with Gasteiger partial charge in [-0.2, -0.15) is 0 Å². The van der Waals surface area contributed by atoms with E-state index >= 15 is 0 Å². The molecule has 0 aliphatic heterocycles. The van der Waals surface area contributed by atoms with Crippen LogP contribution in [0.5, 0.6) is 5.75 Å². The van der Waals surface area contributed by atoms with Gasteiger partial charge in [0.05, 0.1) is 18.4 Å². The minimum atomic E-state index is -0.280. The second-order valence-corrected chi connectivity index (χ2v) is 5.64. The number of methoxy groups -OCH3 is 1. The van der Waals surface area contributed by atoms with E-state index in [0.29, 0.717) is 33.9 Å². The second kappa shape index (κ2) is 6.32. The fourth-order valence-electron chi connectivity index (χ4n) is 2.80. The molecule has 0 atom stereocenters. The Morgan fingerprint density at radius 3 is 2.73 bits per heavy atom. The number of nitrogens with one attached hydrogen (secondary N) is 1. The summed E-state index contributed by atoms with van der Waals surface area (Å²) in [6.07, 6.45) is 3.52. The standard InChI is InChI=1S/C18H15N5O3/c1-23-10-9-19-17(23)11-5-3-4-6-12(11)18(24)20-13-7-8-14(25-2)16-15(13)21-26-22-16/h3-10H,1-2H3,(H,20,24). The molecule has 2 aromatic heterocycles. The summed E-state index contributed by atoms with van der Waals surface area (Å²) in [6, 6.07) is 10.7. The molecule has 8 heteroatoms. The molecule has 0 saturated heterocycles. The van der Waals surface area contributed by atoms with E-state index in [9.17, 15) is 4.79 Å². The van der Waals surface area contributed by atoms with E-state index in [2.05, 4.69) is 20.6 Å². The van der Waals surface area contributed by atoms with Crippen LogP contribution in [0.25, 0.3) is 22.4 Å². The lowest BCUT2D eigenvalue weighted by Crippen LogP contribution is -2.14. The highest BCUT2D eigenvalue weighted by Gasteiger charge is 2.18. The summed E-state index contributed by atoms with van der Waals surface area (Å²) in [5, 5.41) is 10.6. The molecule has 4 rings (SSSR count). The zero-order valence-electron chi connectivity index (χ0n) is 14.1. The Hall–Kier alpha value is -3.68. The maximum atomic E-state index is 12.9. The normalized spacial score (nSPS) is 10.8. The van der Waals surface area contributed by atoms with Crippen molar-refractivity contribution in [1.82, 2.24) is 19.9 Å². The summed E-state index contributed by atoms with van der Waals surface area (Å²) in [6.45, 7) is 0. The fraction of sp³-hybridized carbons (Fsp3) is 0.111. The third-order valence-corrected chi connectivity index (χ3v) is 4.08. The lowest BCUT2D eigenvalue weighted by Gasteiger charge is -2.11. The smallest absolute Gasteiger partial charge is 0.256 e. The number of benzene rings is 2. The van der Waals surface area contributed by atoms with Gasteiger partial charge in [-0.1, -0.05) is 18.2 Å². The molecular formula is C18H15N5O3. The Morgan fingerprint density at radius 2 is 1.96 bits per heavy atom. The predicted molar refractivity (Wildman–Crippen MR) is 95.0 cm³/mol. The number of aryl methyl sites for hydroxylation is 1. The third kappa shape index (κ3) is 2.57. The molecule has 0 bridgehead atoms.